The summed E-state index contributed by atoms with van der Waals surface area (Å²) in [7, 11) is -2.37. The predicted molar refractivity (Wildman–Crippen MR) is 97.9 cm³/mol. The molecule has 0 aliphatic carbocycles. The van der Waals surface area contributed by atoms with Crippen LogP contribution in [0, 0.1) is 5.82 Å². The van der Waals surface area contributed by atoms with Gasteiger partial charge in [0.1, 0.15) is 23.9 Å². The van der Waals surface area contributed by atoms with Crippen molar-refractivity contribution < 1.29 is 22.3 Å². The van der Waals surface area contributed by atoms with Crippen molar-refractivity contribution in [3.05, 3.63) is 50.7 Å². The fourth-order valence-corrected chi connectivity index (χ4v) is 6.06. The maximum atomic E-state index is 13.4. The zero-order valence-electron chi connectivity index (χ0n) is 13.1. The molecule has 0 atom stereocenters. The summed E-state index contributed by atoms with van der Waals surface area (Å²) in [6.07, 6.45) is 0. The number of nitrogens with zero attached hydrogens (tertiary/aromatic N) is 1. The quantitative estimate of drug-likeness (QED) is 0.646. The molecule has 0 amide bonds. The summed E-state index contributed by atoms with van der Waals surface area (Å²) in [5, 5.41) is 0. The second-order valence-electron chi connectivity index (χ2n) is 5.44. The van der Waals surface area contributed by atoms with Gasteiger partial charge in [-0.1, -0.05) is 6.07 Å². The van der Waals surface area contributed by atoms with Crippen molar-refractivity contribution >= 4 is 41.9 Å². The van der Waals surface area contributed by atoms with Crippen molar-refractivity contribution in [2.75, 3.05) is 20.3 Å². The molecular formula is C16H14Br2FNO4S. The molecule has 0 spiro atoms. The Kier molecular flexibility index (Phi) is 5.38. The van der Waals surface area contributed by atoms with Gasteiger partial charge in [-0.05, 0) is 61.7 Å². The van der Waals surface area contributed by atoms with Crippen molar-refractivity contribution in [2.45, 2.75) is 11.4 Å². The van der Waals surface area contributed by atoms with Crippen LogP contribution in [0.3, 0.4) is 0 Å². The Labute approximate surface area is 162 Å². The standard InChI is InChI=1S/C16H14Br2FNO4S/c1-20(9-10-2-3-14-15(6-10)24-5-4-23-14)25(21,22)16-12(17)7-11(19)8-13(16)18/h2-3,6-8H,4-5,9H2,1H3. The van der Waals surface area contributed by atoms with Gasteiger partial charge in [-0.3, -0.25) is 0 Å². The Hall–Kier alpha value is -1.16. The van der Waals surface area contributed by atoms with Crippen LogP contribution >= 0.6 is 31.9 Å². The molecule has 25 heavy (non-hydrogen) atoms. The Morgan fingerprint density at radius 1 is 1.08 bits per heavy atom. The van der Waals surface area contributed by atoms with Crippen molar-refractivity contribution in [1.82, 2.24) is 4.31 Å². The second kappa shape index (κ2) is 7.22. The van der Waals surface area contributed by atoms with Crippen LogP contribution in [0.15, 0.2) is 44.2 Å². The second-order valence-corrected chi connectivity index (χ2v) is 9.13. The molecule has 0 saturated carbocycles. The molecule has 134 valence electrons. The molecular weight excluding hydrogens is 481 g/mol. The number of hydrogen-bond donors (Lipinski definition) is 0. The van der Waals surface area contributed by atoms with E-state index in [0.29, 0.717) is 24.7 Å². The molecule has 1 heterocycles. The van der Waals surface area contributed by atoms with Gasteiger partial charge in [-0.15, -0.1) is 0 Å². The van der Waals surface area contributed by atoms with E-state index in [0.717, 1.165) is 17.7 Å². The number of ether oxygens (including phenoxy) is 2. The molecule has 9 heteroatoms. The normalized spacial score (nSPS) is 14.0. The molecule has 5 nitrogen and oxygen atoms in total. The summed E-state index contributed by atoms with van der Waals surface area (Å²) < 4.78 is 51.6. The van der Waals surface area contributed by atoms with E-state index in [9.17, 15) is 12.8 Å². The monoisotopic (exact) mass is 493 g/mol. The highest BCUT2D eigenvalue weighted by Gasteiger charge is 2.27. The first-order valence-electron chi connectivity index (χ1n) is 7.28. The first kappa shape index (κ1) is 18.6. The molecule has 2 aromatic rings. The number of benzene rings is 2. The van der Waals surface area contributed by atoms with Gasteiger partial charge in [0.25, 0.3) is 0 Å². The average molecular weight is 495 g/mol. The minimum atomic E-state index is -3.84. The van der Waals surface area contributed by atoms with E-state index in [-0.39, 0.29) is 20.4 Å². The van der Waals surface area contributed by atoms with Crippen LogP contribution in [0.4, 0.5) is 4.39 Å². The van der Waals surface area contributed by atoms with Gasteiger partial charge < -0.3 is 9.47 Å². The fourth-order valence-electron chi connectivity index (χ4n) is 2.46. The number of fused-ring (bicyclic) bond motifs is 1. The minimum Gasteiger partial charge on any atom is -0.486 e. The van der Waals surface area contributed by atoms with E-state index < -0.39 is 15.8 Å². The van der Waals surface area contributed by atoms with Gasteiger partial charge in [-0.25, -0.2) is 12.8 Å². The molecule has 0 saturated heterocycles. The van der Waals surface area contributed by atoms with Gasteiger partial charge in [-0.2, -0.15) is 4.31 Å². The van der Waals surface area contributed by atoms with Gasteiger partial charge in [0, 0.05) is 22.5 Å². The van der Waals surface area contributed by atoms with Crippen LogP contribution in [-0.2, 0) is 16.6 Å². The smallest absolute Gasteiger partial charge is 0.245 e. The van der Waals surface area contributed by atoms with Crippen molar-refractivity contribution in [2.24, 2.45) is 0 Å². The highest BCUT2D eigenvalue weighted by Crippen LogP contribution is 2.34. The highest BCUT2D eigenvalue weighted by molar-refractivity contribution is 9.11. The zero-order valence-corrected chi connectivity index (χ0v) is 17.1. The SMILES string of the molecule is CN(Cc1ccc2c(c1)OCCO2)S(=O)(=O)c1c(Br)cc(F)cc1Br. The molecule has 0 unspecified atom stereocenters. The number of halogens is 3. The lowest BCUT2D eigenvalue weighted by Gasteiger charge is -2.22. The van der Waals surface area contributed by atoms with Crippen molar-refractivity contribution in [3.63, 3.8) is 0 Å². The summed E-state index contributed by atoms with van der Waals surface area (Å²) in [6, 6.07) is 7.54. The lowest BCUT2D eigenvalue weighted by atomic mass is 10.2. The van der Waals surface area contributed by atoms with E-state index in [1.807, 2.05) is 0 Å². The zero-order chi connectivity index (χ0) is 18.2. The Balaban J connectivity index is 1.89. The third-order valence-corrected chi connectivity index (χ3v) is 7.32. The van der Waals surface area contributed by atoms with Crippen LogP contribution in [0.1, 0.15) is 5.56 Å². The summed E-state index contributed by atoms with van der Waals surface area (Å²) in [4.78, 5) is -0.0195. The van der Waals surface area contributed by atoms with Crippen LogP contribution in [0.25, 0.3) is 0 Å². The third-order valence-electron chi connectivity index (χ3n) is 3.64. The summed E-state index contributed by atoms with van der Waals surface area (Å²) in [5.74, 6) is 0.704. The molecule has 3 rings (SSSR count). The fraction of sp³-hybridized carbons (Fsp3) is 0.250. The van der Waals surface area contributed by atoms with E-state index in [1.54, 1.807) is 18.2 Å². The minimum absolute atomic E-state index is 0.0195. The molecule has 0 bridgehead atoms. The Morgan fingerprint density at radius 2 is 1.68 bits per heavy atom. The lowest BCUT2D eigenvalue weighted by molar-refractivity contribution is 0.171. The van der Waals surface area contributed by atoms with Crippen LogP contribution < -0.4 is 9.47 Å². The molecule has 0 radical (unpaired) electrons. The molecule has 0 fully saturated rings. The first-order valence-corrected chi connectivity index (χ1v) is 10.3. The van der Waals surface area contributed by atoms with Crippen molar-refractivity contribution in [1.29, 1.82) is 0 Å². The molecule has 1 aliphatic rings. The van der Waals surface area contributed by atoms with E-state index in [4.69, 9.17) is 9.47 Å². The van der Waals surface area contributed by atoms with Gasteiger partial charge >= 0.3 is 0 Å². The van der Waals surface area contributed by atoms with Gasteiger partial charge in [0.15, 0.2) is 11.5 Å². The summed E-state index contributed by atoms with van der Waals surface area (Å²) >= 11 is 6.25. The van der Waals surface area contributed by atoms with Crippen molar-refractivity contribution in [3.8, 4) is 11.5 Å². The molecule has 2 aromatic carbocycles. The lowest BCUT2D eigenvalue weighted by Crippen LogP contribution is -2.27. The summed E-state index contributed by atoms with van der Waals surface area (Å²) in [5.41, 5.74) is 0.754. The number of sulfonamides is 1. The Morgan fingerprint density at radius 3 is 2.32 bits per heavy atom. The maximum Gasteiger partial charge on any atom is 0.245 e. The summed E-state index contributed by atoms with van der Waals surface area (Å²) in [6.45, 7) is 1.09. The van der Waals surface area contributed by atoms with E-state index in [1.165, 1.54) is 11.4 Å². The van der Waals surface area contributed by atoms with Crippen LogP contribution in [-0.4, -0.2) is 33.0 Å². The van der Waals surface area contributed by atoms with Gasteiger partial charge in [0.05, 0.1) is 0 Å². The van der Waals surface area contributed by atoms with E-state index >= 15 is 0 Å². The van der Waals surface area contributed by atoms with E-state index in [2.05, 4.69) is 31.9 Å². The first-order chi connectivity index (χ1) is 11.8. The van der Waals surface area contributed by atoms with Crippen LogP contribution in [0.2, 0.25) is 0 Å². The number of hydrogen-bond acceptors (Lipinski definition) is 4. The van der Waals surface area contributed by atoms with Gasteiger partial charge in [0.2, 0.25) is 10.0 Å². The van der Waals surface area contributed by atoms with Crippen LogP contribution in [0.5, 0.6) is 11.5 Å². The maximum absolute atomic E-state index is 13.4. The highest BCUT2D eigenvalue weighted by atomic mass is 79.9. The largest absolute Gasteiger partial charge is 0.486 e. The third kappa shape index (κ3) is 3.84. The molecule has 0 aromatic heterocycles. The Bertz CT molecular complexity index is 897. The average Bonchev–Trinajstić information content (AvgIpc) is 2.53. The number of rotatable bonds is 4. The molecule has 0 N–H and O–H groups in total. The topological polar surface area (TPSA) is 55.8 Å². The predicted octanol–water partition coefficient (Wildman–Crippen LogP) is 3.94. The molecule has 1 aliphatic heterocycles.